The molecule has 3 aromatic carbocycles. The molecular formula is C20H14Br3N2O3S+. The van der Waals surface area contributed by atoms with Crippen LogP contribution in [0.1, 0.15) is 15.9 Å². The second kappa shape index (κ2) is 9.80. The second-order valence-electron chi connectivity index (χ2n) is 5.82. The summed E-state index contributed by atoms with van der Waals surface area (Å²) < 4.78 is 5.74. The van der Waals surface area contributed by atoms with Crippen LogP contribution in [0.4, 0.5) is 11.4 Å². The van der Waals surface area contributed by atoms with Crippen LogP contribution in [0, 0.1) is 0 Å². The van der Waals surface area contributed by atoms with Crippen molar-refractivity contribution < 1.29 is 20.0 Å². The number of benzene rings is 3. The monoisotopic (exact) mass is 599 g/mol. The summed E-state index contributed by atoms with van der Waals surface area (Å²) in [6.45, 7) is 0. The molecule has 0 radical (unpaired) electrons. The Balaban J connectivity index is 1.86. The molecule has 0 bridgehead atoms. The van der Waals surface area contributed by atoms with Gasteiger partial charge in [0.05, 0.1) is 5.56 Å². The van der Waals surface area contributed by atoms with Crippen LogP contribution in [0.3, 0.4) is 0 Å². The number of rotatable bonds is 6. The second-order valence-corrected chi connectivity index (χ2v) is 9.36. The largest absolute Gasteiger partial charge is 0.477 e. The van der Waals surface area contributed by atoms with Crippen molar-refractivity contribution in [1.82, 2.24) is 0 Å². The molecule has 0 aliphatic carbocycles. The predicted octanol–water partition coefficient (Wildman–Crippen LogP) is 5.51. The van der Waals surface area contributed by atoms with E-state index in [1.807, 2.05) is 30.3 Å². The summed E-state index contributed by atoms with van der Waals surface area (Å²) in [5.41, 5.74) is 1.80. The molecule has 0 aliphatic rings. The molecule has 0 saturated carbocycles. The zero-order chi connectivity index (χ0) is 21.0. The van der Waals surface area contributed by atoms with Gasteiger partial charge in [0.2, 0.25) is 5.69 Å². The van der Waals surface area contributed by atoms with Crippen molar-refractivity contribution in [2.75, 3.05) is 4.72 Å². The molecule has 3 aromatic rings. The minimum atomic E-state index is -1.09. The van der Waals surface area contributed by atoms with Crippen LogP contribution in [-0.4, -0.2) is 22.1 Å². The standard InChI is InChI=1S/C20H13Br3N2O3S/c21-12-2-5-14(6-3-12)25-29-18-9-11(1-7-16(18)23)19(26)24-17-8-4-13(22)10-15(17)20(27)28/h1-10,25H,(H,24,26)(H,27,28)/p+1. The number of hydrogen-bond acceptors (Lipinski definition) is 3. The van der Waals surface area contributed by atoms with Gasteiger partial charge in [-0.05, 0) is 82.5 Å². The van der Waals surface area contributed by atoms with Crippen molar-refractivity contribution in [1.29, 1.82) is 0 Å². The summed E-state index contributed by atoms with van der Waals surface area (Å²) in [5, 5.41) is 19.9. The number of anilines is 1. The lowest BCUT2D eigenvalue weighted by Crippen LogP contribution is -2.67. The van der Waals surface area contributed by atoms with Crippen LogP contribution in [0.5, 0.6) is 0 Å². The number of carbonyl (C=O) groups is 1. The first kappa shape index (κ1) is 21.9. The van der Waals surface area contributed by atoms with Gasteiger partial charge in [-0.3, -0.25) is 0 Å². The van der Waals surface area contributed by atoms with E-state index in [-0.39, 0.29) is 11.5 Å². The summed E-state index contributed by atoms with van der Waals surface area (Å²) in [7, 11) is 0. The molecular weight excluding hydrogens is 588 g/mol. The molecule has 0 aromatic heterocycles. The molecule has 148 valence electrons. The smallest absolute Gasteiger partial charge is 0.371 e. The first-order chi connectivity index (χ1) is 13.8. The van der Waals surface area contributed by atoms with Crippen molar-refractivity contribution >= 4 is 83.0 Å². The van der Waals surface area contributed by atoms with Crippen LogP contribution in [0.25, 0.3) is 0 Å². The Morgan fingerprint density at radius 1 is 0.897 bits per heavy atom. The third-order valence-corrected chi connectivity index (χ3v) is 6.66. The maximum atomic E-state index is 11.5. The summed E-state index contributed by atoms with van der Waals surface area (Å²) in [5.74, 6) is -1.24. The number of aromatic carboxylic acids is 1. The number of halogens is 3. The predicted molar refractivity (Wildman–Crippen MR) is 126 cm³/mol. The SMILES string of the molecule is O=C(O)c1cc(Br)ccc1[NH+]=C(O)c1ccc(Br)c(SNc2ccc(Br)cc2)c1. The fourth-order valence-corrected chi connectivity index (χ4v) is 4.19. The zero-order valence-electron chi connectivity index (χ0n) is 14.6. The summed E-state index contributed by atoms with van der Waals surface area (Å²) in [6, 6.07) is 17.9. The van der Waals surface area contributed by atoms with Gasteiger partial charge < -0.3 is 14.9 Å². The van der Waals surface area contributed by atoms with Crippen LogP contribution in [0.15, 0.2) is 79.0 Å². The molecule has 9 heteroatoms. The molecule has 0 amide bonds. The first-order valence-electron chi connectivity index (χ1n) is 8.17. The topological polar surface area (TPSA) is 83.5 Å². The van der Waals surface area contributed by atoms with E-state index in [1.54, 1.807) is 24.3 Å². The van der Waals surface area contributed by atoms with E-state index in [2.05, 4.69) is 57.5 Å². The van der Waals surface area contributed by atoms with Gasteiger partial charge in [0.25, 0.3) is 0 Å². The highest BCUT2D eigenvalue weighted by Gasteiger charge is 2.18. The number of aliphatic hydroxyl groups excluding tert-OH is 1. The Bertz CT molecular complexity index is 1090. The zero-order valence-corrected chi connectivity index (χ0v) is 20.2. The first-order valence-corrected chi connectivity index (χ1v) is 11.4. The highest BCUT2D eigenvalue weighted by Crippen LogP contribution is 2.30. The fourth-order valence-electron chi connectivity index (χ4n) is 2.36. The van der Waals surface area contributed by atoms with Gasteiger partial charge >= 0.3 is 11.9 Å². The van der Waals surface area contributed by atoms with Crippen molar-refractivity contribution in [3.63, 3.8) is 0 Å². The average Bonchev–Trinajstić information content (AvgIpc) is 2.69. The Kier molecular flexibility index (Phi) is 7.39. The molecule has 0 saturated heterocycles. The minimum Gasteiger partial charge on any atom is -0.477 e. The van der Waals surface area contributed by atoms with Crippen LogP contribution in [-0.2, 0) is 0 Å². The Morgan fingerprint density at radius 2 is 1.59 bits per heavy atom. The van der Waals surface area contributed by atoms with Gasteiger partial charge in [0.1, 0.15) is 5.56 Å². The van der Waals surface area contributed by atoms with Crippen LogP contribution in [0.2, 0.25) is 0 Å². The van der Waals surface area contributed by atoms with Crippen molar-refractivity contribution in [3.05, 3.63) is 85.2 Å². The number of hydrogen-bond donors (Lipinski definition) is 4. The molecule has 4 N–H and O–H groups in total. The fraction of sp³-hybridized carbons (Fsp3) is 0. The van der Waals surface area contributed by atoms with Crippen LogP contribution < -0.4 is 9.71 Å². The Labute approximate surface area is 196 Å². The van der Waals surface area contributed by atoms with E-state index in [4.69, 9.17) is 0 Å². The van der Waals surface area contributed by atoms with Gasteiger partial charge in [0, 0.05) is 30.1 Å². The molecule has 0 fully saturated rings. The highest BCUT2D eigenvalue weighted by atomic mass is 79.9. The Morgan fingerprint density at radius 3 is 2.28 bits per heavy atom. The molecule has 29 heavy (non-hydrogen) atoms. The van der Waals surface area contributed by atoms with Crippen molar-refractivity contribution in [3.8, 4) is 0 Å². The summed E-state index contributed by atoms with van der Waals surface area (Å²) in [4.78, 5) is 15.1. The van der Waals surface area contributed by atoms with E-state index < -0.39 is 5.97 Å². The lowest BCUT2D eigenvalue weighted by molar-refractivity contribution is -0.364. The van der Waals surface area contributed by atoms with Gasteiger partial charge in [-0.25, -0.2) is 4.79 Å². The van der Waals surface area contributed by atoms with Gasteiger partial charge in [-0.2, -0.15) is 4.99 Å². The summed E-state index contributed by atoms with van der Waals surface area (Å²) in [6.07, 6.45) is 0. The third-order valence-electron chi connectivity index (χ3n) is 3.79. The number of carboxylic acid groups (broad SMARTS) is 1. The molecule has 0 spiro atoms. The molecule has 0 atom stereocenters. The van der Waals surface area contributed by atoms with E-state index >= 15 is 0 Å². The molecule has 3 rings (SSSR count). The molecule has 0 unspecified atom stereocenters. The van der Waals surface area contributed by atoms with Crippen molar-refractivity contribution in [2.24, 2.45) is 0 Å². The highest BCUT2D eigenvalue weighted by molar-refractivity contribution is 9.11. The van der Waals surface area contributed by atoms with Gasteiger partial charge in [0.15, 0.2) is 0 Å². The number of aliphatic hydroxyl groups is 1. The normalized spacial score (nSPS) is 11.3. The van der Waals surface area contributed by atoms with E-state index in [0.29, 0.717) is 15.7 Å². The van der Waals surface area contributed by atoms with Gasteiger partial charge in [-0.15, -0.1) is 0 Å². The molecule has 5 nitrogen and oxygen atoms in total. The quantitative estimate of drug-likeness (QED) is 0.170. The van der Waals surface area contributed by atoms with Crippen LogP contribution >= 0.6 is 59.7 Å². The number of carboxylic acids is 1. The lowest BCUT2D eigenvalue weighted by Gasteiger charge is -2.08. The lowest BCUT2D eigenvalue weighted by atomic mass is 10.1. The third kappa shape index (κ3) is 5.85. The van der Waals surface area contributed by atoms with E-state index in [0.717, 1.165) is 19.5 Å². The van der Waals surface area contributed by atoms with E-state index in [9.17, 15) is 15.0 Å². The van der Waals surface area contributed by atoms with E-state index in [1.165, 1.54) is 18.0 Å². The molecule has 0 heterocycles. The Hall–Kier alpha value is -1.81. The average molecular weight is 602 g/mol. The summed E-state index contributed by atoms with van der Waals surface area (Å²) >= 11 is 11.6. The van der Waals surface area contributed by atoms with Gasteiger partial charge in [-0.1, -0.05) is 31.9 Å². The maximum absolute atomic E-state index is 11.5. The maximum Gasteiger partial charge on any atom is 0.371 e. The number of nitrogens with one attached hydrogen (secondary N) is 2. The minimum absolute atomic E-state index is 0.0505. The molecule has 0 aliphatic heterocycles. The van der Waals surface area contributed by atoms with Crippen molar-refractivity contribution in [2.45, 2.75) is 4.90 Å².